The van der Waals surface area contributed by atoms with Gasteiger partial charge in [-0.25, -0.2) is 9.69 Å². The van der Waals surface area contributed by atoms with E-state index in [4.69, 9.17) is 16.3 Å². The fourth-order valence-electron chi connectivity index (χ4n) is 3.88. The summed E-state index contributed by atoms with van der Waals surface area (Å²) in [6.07, 6.45) is 1.36. The predicted octanol–water partition coefficient (Wildman–Crippen LogP) is 6.47. The standard InChI is InChI=1S/C28H22Br2ClN3O5/c1-14-7-8-15(2)22(9-14)32-24(35)13-39-25-19(29)11-17(12-20(25)30)10-18-26(36)33-28(38)34(27(18)37)23-6-4-5-21(31)16(23)3/h4-12H,13H2,1-3H3,(H,32,35)(H,33,36,38)/b18-10-. The summed E-state index contributed by atoms with van der Waals surface area (Å²) in [5.74, 6) is -1.58. The third kappa shape index (κ3) is 6.24. The van der Waals surface area contributed by atoms with E-state index < -0.39 is 17.8 Å². The summed E-state index contributed by atoms with van der Waals surface area (Å²) >= 11 is 13.0. The van der Waals surface area contributed by atoms with Gasteiger partial charge >= 0.3 is 6.03 Å². The first-order valence-electron chi connectivity index (χ1n) is 11.6. The van der Waals surface area contributed by atoms with Crippen LogP contribution in [-0.4, -0.2) is 30.4 Å². The number of aryl methyl sites for hydroxylation is 2. The third-order valence-electron chi connectivity index (χ3n) is 5.93. The zero-order valence-electron chi connectivity index (χ0n) is 21.0. The molecule has 0 radical (unpaired) electrons. The van der Waals surface area contributed by atoms with Crippen LogP contribution in [0.5, 0.6) is 5.75 Å². The highest BCUT2D eigenvalue weighted by atomic mass is 79.9. The molecule has 0 aromatic heterocycles. The molecule has 39 heavy (non-hydrogen) atoms. The second kappa shape index (κ2) is 11.7. The number of nitrogens with one attached hydrogen (secondary N) is 2. The summed E-state index contributed by atoms with van der Waals surface area (Å²) in [5.41, 5.74) is 3.68. The monoisotopic (exact) mass is 673 g/mol. The molecule has 0 spiro atoms. The minimum Gasteiger partial charge on any atom is -0.481 e. The maximum absolute atomic E-state index is 13.3. The van der Waals surface area contributed by atoms with Gasteiger partial charge in [-0.1, -0.05) is 29.8 Å². The molecule has 1 aliphatic rings. The zero-order chi connectivity index (χ0) is 28.4. The fourth-order valence-corrected chi connectivity index (χ4v) is 5.50. The highest BCUT2D eigenvalue weighted by Gasteiger charge is 2.37. The van der Waals surface area contributed by atoms with Gasteiger partial charge in [0.1, 0.15) is 11.3 Å². The molecule has 1 aliphatic heterocycles. The van der Waals surface area contributed by atoms with Gasteiger partial charge in [0.15, 0.2) is 6.61 Å². The predicted molar refractivity (Wildman–Crippen MR) is 157 cm³/mol. The topological polar surface area (TPSA) is 105 Å². The van der Waals surface area contributed by atoms with Crippen LogP contribution in [-0.2, 0) is 14.4 Å². The van der Waals surface area contributed by atoms with E-state index in [1.165, 1.54) is 6.08 Å². The maximum Gasteiger partial charge on any atom is 0.335 e. The summed E-state index contributed by atoms with van der Waals surface area (Å²) < 4.78 is 6.69. The van der Waals surface area contributed by atoms with E-state index in [2.05, 4.69) is 42.5 Å². The Bertz CT molecular complexity index is 1550. The maximum atomic E-state index is 13.3. The Labute approximate surface area is 246 Å². The van der Waals surface area contributed by atoms with Gasteiger partial charge in [-0.3, -0.25) is 19.7 Å². The van der Waals surface area contributed by atoms with Gasteiger partial charge < -0.3 is 10.1 Å². The lowest BCUT2D eigenvalue weighted by Gasteiger charge is -2.27. The SMILES string of the molecule is Cc1ccc(C)c(NC(=O)COc2c(Br)cc(/C=C3/C(=O)NC(=O)N(c4cccc(Cl)c4C)C3=O)cc2Br)c1. The van der Waals surface area contributed by atoms with Crippen molar-refractivity contribution >= 4 is 84.7 Å². The van der Waals surface area contributed by atoms with E-state index in [9.17, 15) is 19.2 Å². The average molecular weight is 676 g/mol. The van der Waals surface area contributed by atoms with Crippen LogP contribution in [0, 0.1) is 20.8 Å². The van der Waals surface area contributed by atoms with Crippen molar-refractivity contribution in [1.82, 2.24) is 5.32 Å². The summed E-state index contributed by atoms with van der Waals surface area (Å²) in [6, 6.07) is 13.0. The van der Waals surface area contributed by atoms with Crippen molar-refractivity contribution in [3.63, 3.8) is 0 Å². The van der Waals surface area contributed by atoms with Crippen molar-refractivity contribution in [2.45, 2.75) is 20.8 Å². The Kier molecular flexibility index (Phi) is 8.58. The van der Waals surface area contributed by atoms with Gasteiger partial charge in [-0.15, -0.1) is 0 Å². The molecular formula is C28H22Br2ClN3O5. The molecule has 8 nitrogen and oxygen atoms in total. The van der Waals surface area contributed by atoms with Crippen LogP contribution in [0.2, 0.25) is 5.02 Å². The number of amides is 5. The van der Waals surface area contributed by atoms with Gasteiger partial charge in [-0.05, 0) is 111 Å². The van der Waals surface area contributed by atoms with E-state index in [-0.39, 0.29) is 23.8 Å². The van der Waals surface area contributed by atoms with E-state index in [0.29, 0.717) is 36.5 Å². The van der Waals surface area contributed by atoms with Crippen molar-refractivity contribution in [3.8, 4) is 5.75 Å². The molecule has 5 amide bonds. The highest BCUT2D eigenvalue weighted by molar-refractivity contribution is 9.11. The number of urea groups is 1. The normalized spacial score (nSPS) is 14.5. The Balaban J connectivity index is 1.55. The molecule has 0 saturated carbocycles. The number of halogens is 3. The molecule has 1 fully saturated rings. The first-order chi connectivity index (χ1) is 18.5. The molecule has 0 bridgehead atoms. The molecule has 11 heteroatoms. The first-order valence-corrected chi connectivity index (χ1v) is 13.6. The second-order valence-electron chi connectivity index (χ2n) is 8.81. The average Bonchev–Trinajstić information content (AvgIpc) is 2.86. The fraction of sp³-hybridized carbons (Fsp3) is 0.143. The van der Waals surface area contributed by atoms with E-state index in [0.717, 1.165) is 16.0 Å². The molecule has 0 unspecified atom stereocenters. The number of carbonyl (C=O) groups is 4. The van der Waals surface area contributed by atoms with E-state index in [1.807, 2.05) is 32.0 Å². The first kappa shape index (κ1) is 28.5. The van der Waals surface area contributed by atoms with Crippen molar-refractivity contribution in [2.75, 3.05) is 16.8 Å². The molecule has 2 N–H and O–H groups in total. The van der Waals surface area contributed by atoms with Crippen LogP contribution in [0.15, 0.2) is 63.0 Å². The number of nitrogens with zero attached hydrogens (tertiary/aromatic N) is 1. The number of anilines is 2. The van der Waals surface area contributed by atoms with Crippen LogP contribution >= 0.6 is 43.5 Å². The molecule has 1 heterocycles. The third-order valence-corrected chi connectivity index (χ3v) is 7.52. The van der Waals surface area contributed by atoms with E-state index in [1.54, 1.807) is 37.3 Å². The molecule has 4 rings (SSSR count). The molecule has 3 aromatic carbocycles. The second-order valence-corrected chi connectivity index (χ2v) is 10.9. The smallest absolute Gasteiger partial charge is 0.335 e. The van der Waals surface area contributed by atoms with Gasteiger partial charge in [0.05, 0.1) is 14.6 Å². The van der Waals surface area contributed by atoms with Crippen molar-refractivity contribution < 1.29 is 23.9 Å². The lowest BCUT2D eigenvalue weighted by atomic mass is 10.1. The zero-order valence-corrected chi connectivity index (χ0v) is 25.0. The van der Waals surface area contributed by atoms with Gasteiger partial charge in [0.25, 0.3) is 17.7 Å². The summed E-state index contributed by atoms with van der Waals surface area (Å²) in [4.78, 5) is 51.8. The molecule has 3 aromatic rings. The number of barbiturate groups is 1. The number of rotatable bonds is 6. The quantitative estimate of drug-likeness (QED) is 0.230. The minimum absolute atomic E-state index is 0.241. The molecular weight excluding hydrogens is 654 g/mol. The van der Waals surface area contributed by atoms with Gasteiger partial charge in [-0.2, -0.15) is 0 Å². The molecule has 0 aliphatic carbocycles. The van der Waals surface area contributed by atoms with Crippen molar-refractivity contribution in [1.29, 1.82) is 0 Å². The van der Waals surface area contributed by atoms with Gasteiger partial charge in [0.2, 0.25) is 0 Å². The Hall–Kier alpha value is -3.47. The minimum atomic E-state index is -0.863. The highest BCUT2D eigenvalue weighted by Crippen LogP contribution is 2.36. The number of imide groups is 2. The Morgan fingerprint density at radius 2 is 1.74 bits per heavy atom. The van der Waals surface area contributed by atoms with Crippen molar-refractivity contribution in [2.24, 2.45) is 0 Å². The number of benzene rings is 3. The van der Waals surface area contributed by atoms with Crippen LogP contribution in [0.4, 0.5) is 16.2 Å². The van der Waals surface area contributed by atoms with Gasteiger partial charge in [0, 0.05) is 10.7 Å². The van der Waals surface area contributed by atoms with Crippen LogP contribution < -0.4 is 20.3 Å². The largest absolute Gasteiger partial charge is 0.481 e. The Morgan fingerprint density at radius 1 is 1.05 bits per heavy atom. The lowest BCUT2D eigenvalue weighted by Crippen LogP contribution is -2.54. The molecule has 1 saturated heterocycles. The van der Waals surface area contributed by atoms with Crippen LogP contribution in [0.3, 0.4) is 0 Å². The molecule has 0 atom stereocenters. The number of hydrogen-bond donors (Lipinski definition) is 2. The van der Waals surface area contributed by atoms with Crippen molar-refractivity contribution in [3.05, 3.63) is 90.3 Å². The van der Waals surface area contributed by atoms with Crippen LogP contribution in [0.1, 0.15) is 22.3 Å². The lowest BCUT2D eigenvalue weighted by molar-refractivity contribution is -0.122. The number of carbonyl (C=O) groups excluding carboxylic acids is 4. The summed E-state index contributed by atoms with van der Waals surface area (Å²) in [6.45, 7) is 5.27. The number of ether oxygens (including phenoxy) is 1. The van der Waals surface area contributed by atoms with E-state index >= 15 is 0 Å². The molecule has 200 valence electrons. The summed E-state index contributed by atoms with van der Waals surface area (Å²) in [5, 5.41) is 5.41. The number of hydrogen-bond acceptors (Lipinski definition) is 5. The summed E-state index contributed by atoms with van der Waals surface area (Å²) in [7, 11) is 0. The van der Waals surface area contributed by atoms with Crippen LogP contribution in [0.25, 0.3) is 6.08 Å². The Morgan fingerprint density at radius 3 is 2.44 bits per heavy atom.